The number of aldehydes is 2. The molecule has 3 fully saturated rings. The summed E-state index contributed by atoms with van der Waals surface area (Å²) in [5, 5.41) is 8.38. The molecule has 0 radical (unpaired) electrons. The molecule has 1 amide bonds. The summed E-state index contributed by atoms with van der Waals surface area (Å²) in [7, 11) is 1.82. The number of nitrogens with one attached hydrogen (secondary N) is 3. The fourth-order valence-electron chi connectivity index (χ4n) is 8.26. The van der Waals surface area contributed by atoms with E-state index in [1.54, 1.807) is 23.2 Å². The van der Waals surface area contributed by atoms with E-state index in [0.29, 0.717) is 54.4 Å². The summed E-state index contributed by atoms with van der Waals surface area (Å²) in [5.74, 6) is 6.94. The van der Waals surface area contributed by atoms with E-state index in [4.69, 9.17) is 11.6 Å². The maximum atomic E-state index is 12.1. The Balaban J connectivity index is 0.851. The number of nitrogens with zero attached hydrogens (tertiary/aromatic N) is 7. The second kappa shape index (κ2) is 23.7. The van der Waals surface area contributed by atoms with Gasteiger partial charge in [-0.25, -0.2) is 10.0 Å². The van der Waals surface area contributed by atoms with Crippen molar-refractivity contribution in [1.29, 1.82) is 0 Å². The molecule has 3 aromatic carbocycles. The molecular weight excluding hydrogens is 800 g/mol. The minimum absolute atomic E-state index is 0.00934. The second-order valence-electron chi connectivity index (χ2n) is 16.2. The summed E-state index contributed by atoms with van der Waals surface area (Å²) in [4.78, 5) is 53.9. The van der Waals surface area contributed by atoms with Gasteiger partial charge < -0.3 is 15.5 Å². The summed E-state index contributed by atoms with van der Waals surface area (Å²) in [5.41, 5.74) is 8.54. The molecule has 328 valence electrons. The van der Waals surface area contributed by atoms with Crippen LogP contribution in [0.1, 0.15) is 77.3 Å². The highest BCUT2D eigenvalue weighted by Crippen LogP contribution is 2.26. The molecule has 0 bridgehead atoms. The van der Waals surface area contributed by atoms with E-state index in [9.17, 15) is 14.4 Å². The first kappa shape index (κ1) is 46.2. The predicted molar refractivity (Wildman–Crippen MR) is 252 cm³/mol. The lowest BCUT2D eigenvalue weighted by molar-refractivity contribution is -0.125. The van der Waals surface area contributed by atoms with Crippen LogP contribution in [0.4, 0.5) is 17.1 Å². The number of rotatable bonds is 20. The molecule has 14 heteroatoms. The van der Waals surface area contributed by atoms with Crippen LogP contribution in [0, 0.1) is 11.8 Å². The van der Waals surface area contributed by atoms with E-state index in [2.05, 4.69) is 95.4 Å². The third-order valence-electron chi connectivity index (χ3n) is 11.9. The molecule has 0 saturated carbocycles. The van der Waals surface area contributed by atoms with Crippen LogP contribution in [-0.2, 0) is 11.3 Å². The first-order chi connectivity index (χ1) is 30.3. The van der Waals surface area contributed by atoms with E-state index in [0.717, 1.165) is 94.5 Å². The van der Waals surface area contributed by atoms with Gasteiger partial charge >= 0.3 is 0 Å². The number of allylic oxidation sites excluding steroid dienone is 1. The van der Waals surface area contributed by atoms with Crippen molar-refractivity contribution in [1.82, 2.24) is 25.1 Å². The first-order valence-electron chi connectivity index (χ1n) is 21.8. The SMILES string of the molecule is C=N/C(Nc1ccccc1C=O)=C(Cl)\C=N/CNc1ccc(N2CCN(C3CCN(C4CN(CCC#Cc5ccc(C=O)c(CN(C)NC(=O)CCCC)c5)C4)CC3)CC2)cc1. The molecule has 0 unspecified atom stereocenters. The minimum atomic E-state index is -0.00934. The topological polar surface area (TPSA) is 128 Å². The Hall–Kier alpha value is -5.36. The Kier molecular flexibility index (Phi) is 17.7. The van der Waals surface area contributed by atoms with Crippen LogP contribution in [0.3, 0.4) is 0 Å². The van der Waals surface area contributed by atoms with Crippen molar-refractivity contribution >= 4 is 60.1 Å². The van der Waals surface area contributed by atoms with Crippen LogP contribution in [0.5, 0.6) is 0 Å². The summed E-state index contributed by atoms with van der Waals surface area (Å²) in [6, 6.07) is 22.6. The van der Waals surface area contributed by atoms with Crippen LogP contribution < -0.4 is 21.0 Å². The summed E-state index contributed by atoms with van der Waals surface area (Å²) in [6.07, 6.45) is 8.74. The van der Waals surface area contributed by atoms with Crippen molar-refractivity contribution in [2.24, 2.45) is 9.98 Å². The molecule has 3 heterocycles. The van der Waals surface area contributed by atoms with E-state index in [-0.39, 0.29) is 10.9 Å². The Labute approximate surface area is 372 Å². The number of unbranched alkanes of at least 4 members (excludes halogenated alkanes) is 1. The fraction of sp³-hybridized carbons (Fsp3) is 0.438. The number of anilines is 3. The number of carbonyl (C=O) groups excluding carboxylic acids is 3. The van der Waals surface area contributed by atoms with Crippen molar-refractivity contribution < 1.29 is 14.4 Å². The Bertz CT molecular complexity index is 2090. The quantitative estimate of drug-likeness (QED) is 0.0513. The van der Waals surface area contributed by atoms with Crippen molar-refractivity contribution in [3.63, 3.8) is 0 Å². The van der Waals surface area contributed by atoms with Crippen LogP contribution in [0.2, 0.25) is 0 Å². The first-order valence-corrected chi connectivity index (χ1v) is 22.2. The zero-order valence-corrected chi connectivity index (χ0v) is 37.0. The van der Waals surface area contributed by atoms with Crippen LogP contribution in [-0.4, -0.2) is 136 Å². The molecule has 62 heavy (non-hydrogen) atoms. The lowest BCUT2D eigenvalue weighted by atomic mass is 9.98. The van der Waals surface area contributed by atoms with Gasteiger partial charge in [0.2, 0.25) is 5.91 Å². The van der Waals surface area contributed by atoms with Crippen LogP contribution in [0.25, 0.3) is 0 Å². The van der Waals surface area contributed by atoms with Gasteiger partial charge in [0, 0.05) is 132 Å². The van der Waals surface area contributed by atoms with Gasteiger partial charge in [-0.2, -0.15) is 0 Å². The normalized spacial score (nSPS) is 17.2. The van der Waals surface area contributed by atoms with E-state index < -0.39 is 0 Å². The molecule has 3 saturated heterocycles. The number of hydrogen-bond acceptors (Lipinski definition) is 12. The molecule has 3 aliphatic rings. The third-order valence-corrected chi connectivity index (χ3v) is 12.1. The molecule has 0 atom stereocenters. The summed E-state index contributed by atoms with van der Waals surface area (Å²) in [6.45, 7) is 16.2. The van der Waals surface area contributed by atoms with Gasteiger partial charge in [-0.15, -0.1) is 0 Å². The van der Waals surface area contributed by atoms with Gasteiger partial charge in [-0.1, -0.05) is 55.0 Å². The molecule has 0 spiro atoms. The lowest BCUT2D eigenvalue weighted by Gasteiger charge is -2.49. The highest BCUT2D eigenvalue weighted by atomic mass is 35.5. The van der Waals surface area contributed by atoms with Gasteiger partial charge in [0.25, 0.3) is 0 Å². The number of benzene rings is 3. The average Bonchev–Trinajstić information content (AvgIpc) is 3.28. The number of piperidine rings is 1. The number of piperazine rings is 1. The van der Waals surface area contributed by atoms with Crippen LogP contribution >= 0.6 is 11.6 Å². The lowest BCUT2D eigenvalue weighted by Crippen LogP contribution is -2.62. The van der Waals surface area contributed by atoms with Gasteiger partial charge in [-0.05, 0) is 80.1 Å². The standard InChI is InChI=1S/C48H61ClN10O3/c1-4-5-13-47(62)54-55(3)31-40-29-37(14-15-38(40)34-60)10-8-9-22-56-32-44(33-56)57-23-20-43(21-24-57)59-27-25-58(26-28-59)42-18-16-41(17-19-42)52-36-51-30-45(49)48(50-2)53-46-12-7-6-11-39(46)35-61/h6-7,11-12,14-19,29-30,34-35,43-44,52-53H,2,4-5,9,13,20-28,31-33,36H2,1,3H3,(H,54,62)/b48-45-,51-30-. The van der Waals surface area contributed by atoms with Crippen LogP contribution in [0.15, 0.2) is 87.6 Å². The van der Waals surface area contributed by atoms with E-state index in [1.165, 1.54) is 37.8 Å². The Morgan fingerprint density at radius 1 is 0.935 bits per heavy atom. The molecule has 6 rings (SSSR count). The van der Waals surface area contributed by atoms with Gasteiger partial charge in [0.05, 0.1) is 5.69 Å². The smallest absolute Gasteiger partial charge is 0.234 e. The predicted octanol–water partition coefficient (Wildman–Crippen LogP) is 6.34. The number of halogens is 1. The van der Waals surface area contributed by atoms with Crippen molar-refractivity contribution in [2.45, 2.75) is 64.1 Å². The number of aliphatic imine (C=N–C) groups is 2. The maximum Gasteiger partial charge on any atom is 0.234 e. The van der Waals surface area contributed by atoms with E-state index in [1.807, 2.05) is 31.3 Å². The molecule has 0 aromatic heterocycles. The van der Waals surface area contributed by atoms with Gasteiger partial charge in [0.1, 0.15) is 23.8 Å². The molecule has 3 aliphatic heterocycles. The number of hydrogen-bond donors (Lipinski definition) is 3. The highest BCUT2D eigenvalue weighted by Gasteiger charge is 2.35. The Morgan fingerprint density at radius 3 is 2.37 bits per heavy atom. The zero-order valence-electron chi connectivity index (χ0n) is 36.2. The fourth-order valence-corrected chi connectivity index (χ4v) is 8.44. The largest absolute Gasteiger partial charge is 0.369 e. The highest BCUT2D eigenvalue weighted by molar-refractivity contribution is 6.39. The average molecular weight is 862 g/mol. The number of hydrazine groups is 1. The van der Waals surface area contributed by atoms with Crippen molar-refractivity contribution in [2.75, 3.05) is 88.2 Å². The monoisotopic (exact) mass is 860 g/mol. The molecule has 0 aliphatic carbocycles. The molecular formula is C48H61ClN10O3. The number of carbonyl (C=O) groups is 3. The Morgan fingerprint density at radius 2 is 1.66 bits per heavy atom. The number of para-hydroxylation sites is 1. The summed E-state index contributed by atoms with van der Waals surface area (Å²) >= 11 is 6.42. The van der Waals surface area contributed by atoms with Gasteiger partial charge in [0.15, 0.2) is 6.29 Å². The molecule has 3 N–H and O–H groups in total. The zero-order chi connectivity index (χ0) is 43.7. The van der Waals surface area contributed by atoms with E-state index >= 15 is 0 Å². The third kappa shape index (κ3) is 13.3. The molecule has 3 aromatic rings. The van der Waals surface area contributed by atoms with Gasteiger partial charge in [-0.3, -0.25) is 39.5 Å². The maximum absolute atomic E-state index is 12.1. The van der Waals surface area contributed by atoms with Crippen molar-refractivity contribution in [3.05, 3.63) is 99.8 Å². The molecule has 13 nitrogen and oxygen atoms in total. The van der Waals surface area contributed by atoms with Crippen molar-refractivity contribution in [3.8, 4) is 11.8 Å². The summed E-state index contributed by atoms with van der Waals surface area (Å²) < 4.78 is 0. The number of likely N-dealkylation sites (tertiary alicyclic amines) is 2. The minimum Gasteiger partial charge on any atom is -0.369 e. The number of amides is 1. The second-order valence-corrected chi connectivity index (χ2v) is 16.6.